The maximum absolute atomic E-state index is 12.1. The molecular weight excluding hydrogens is 262 g/mol. The number of thiophene rings is 1. The summed E-state index contributed by atoms with van der Waals surface area (Å²) in [6.45, 7) is 2.56. The molecule has 1 aliphatic carbocycles. The van der Waals surface area contributed by atoms with E-state index in [1.165, 1.54) is 16.9 Å². The van der Waals surface area contributed by atoms with Gasteiger partial charge in [0.05, 0.1) is 11.4 Å². The number of fused-ring (bicyclic) bond motifs is 1. The van der Waals surface area contributed by atoms with E-state index < -0.39 is 0 Å². The van der Waals surface area contributed by atoms with Crippen LogP contribution >= 0.6 is 11.3 Å². The number of amides is 1. The van der Waals surface area contributed by atoms with Gasteiger partial charge >= 0.3 is 0 Å². The van der Waals surface area contributed by atoms with Gasteiger partial charge in [0, 0.05) is 4.88 Å². The highest BCUT2D eigenvalue weighted by Crippen LogP contribution is 2.32. The molecule has 2 N–H and O–H groups in total. The highest BCUT2D eigenvalue weighted by atomic mass is 32.1. The smallest absolute Gasteiger partial charge is 0.261 e. The van der Waals surface area contributed by atoms with Crippen molar-refractivity contribution in [3.05, 3.63) is 27.2 Å². The Hall–Kier alpha value is -1.76. The molecular formula is C12H15N5OS. The van der Waals surface area contributed by atoms with Crippen molar-refractivity contribution in [2.75, 3.05) is 0 Å². The summed E-state index contributed by atoms with van der Waals surface area (Å²) < 4.78 is 0. The van der Waals surface area contributed by atoms with E-state index in [9.17, 15) is 4.79 Å². The summed E-state index contributed by atoms with van der Waals surface area (Å²) in [7, 11) is 0. The Kier molecular flexibility index (Phi) is 3.29. The molecule has 2 heterocycles. The molecule has 6 nitrogen and oxygen atoms in total. The van der Waals surface area contributed by atoms with Gasteiger partial charge in [-0.05, 0) is 36.8 Å². The van der Waals surface area contributed by atoms with Gasteiger partial charge in [-0.2, -0.15) is 5.21 Å². The van der Waals surface area contributed by atoms with Gasteiger partial charge in [0.15, 0.2) is 5.82 Å². The average Bonchev–Trinajstić information content (AvgIpc) is 3.04. The van der Waals surface area contributed by atoms with Crippen molar-refractivity contribution in [3.8, 4) is 0 Å². The monoisotopic (exact) mass is 277 g/mol. The topological polar surface area (TPSA) is 83.6 Å². The molecule has 7 heteroatoms. The number of carbonyl (C=O) groups is 1. The predicted molar refractivity (Wildman–Crippen MR) is 70.9 cm³/mol. The first kappa shape index (κ1) is 12.3. The molecule has 0 spiro atoms. The second kappa shape index (κ2) is 5.08. The van der Waals surface area contributed by atoms with Gasteiger partial charge in [-0.15, -0.1) is 21.5 Å². The quantitative estimate of drug-likeness (QED) is 0.886. The van der Waals surface area contributed by atoms with Crippen molar-refractivity contribution >= 4 is 17.2 Å². The number of aryl methyl sites for hydroxylation is 1. The Morgan fingerprint density at radius 2 is 2.53 bits per heavy atom. The van der Waals surface area contributed by atoms with Gasteiger partial charge in [-0.25, -0.2) is 0 Å². The molecule has 2 aromatic heterocycles. The number of hydrogen-bond acceptors (Lipinski definition) is 5. The molecule has 0 aliphatic heterocycles. The number of tetrazole rings is 1. The second-order valence-corrected chi connectivity index (χ2v) is 6.05. The largest absolute Gasteiger partial charge is 0.344 e. The van der Waals surface area contributed by atoms with Crippen LogP contribution in [0.3, 0.4) is 0 Å². The van der Waals surface area contributed by atoms with E-state index in [4.69, 9.17) is 0 Å². The average molecular weight is 277 g/mol. The molecule has 1 unspecified atom stereocenters. The fourth-order valence-electron chi connectivity index (χ4n) is 2.32. The van der Waals surface area contributed by atoms with E-state index in [0.717, 1.165) is 23.6 Å². The molecule has 0 fully saturated rings. The third kappa shape index (κ3) is 2.65. The zero-order valence-corrected chi connectivity index (χ0v) is 11.5. The van der Waals surface area contributed by atoms with E-state index in [1.54, 1.807) is 11.3 Å². The summed E-state index contributed by atoms with van der Waals surface area (Å²) >= 11 is 1.61. The number of H-pyrrole nitrogens is 1. The van der Waals surface area contributed by atoms with E-state index in [1.807, 2.05) is 6.07 Å². The molecule has 1 atom stereocenters. The van der Waals surface area contributed by atoms with Gasteiger partial charge in [0.2, 0.25) is 0 Å². The Labute approximate surface area is 114 Å². The van der Waals surface area contributed by atoms with Gasteiger partial charge in [0.25, 0.3) is 5.91 Å². The maximum atomic E-state index is 12.1. The number of aromatic amines is 1. The summed E-state index contributed by atoms with van der Waals surface area (Å²) in [5.41, 5.74) is 1.34. The summed E-state index contributed by atoms with van der Waals surface area (Å²) in [6.07, 6.45) is 3.40. The van der Waals surface area contributed by atoms with Crippen molar-refractivity contribution in [2.45, 2.75) is 32.7 Å². The lowest BCUT2D eigenvalue weighted by atomic mass is 9.90. The van der Waals surface area contributed by atoms with Crippen LogP contribution in [0, 0.1) is 5.92 Å². The second-order valence-electron chi connectivity index (χ2n) is 4.92. The number of hydrogen-bond donors (Lipinski definition) is 2. The molecule has 0 saturated carbocycles. The van der Waals surface area contributed by atoms with E-state index >= 15 is 0 Å². The minimum atomic E-state index is -0.0585. The lowest BCUT2D eigenvalue weighted by Crippen LogP contribution is -2.22. The summed E-state index contributed by atoms with van der Waals surface area (Å²) in [4.78, 5) is 14.2. The van der Waals surface area contributed by atoms with Crippen LogP contribution in [0.15, 0.2) is 6.07 Å². The summed E-state index contributed by atoms with van der Waals surface area (Å²) in [5, 5.41) is 16.2. The SMILES string of the molecule is CC1CCc2sc(C(=O)NCc3nn[nH]n3)cc2C1. The van der Waals surface area contributed by atoms with Gasteiger partial charge in [-0.1, -0.05) is 12.1 Å². The van der Waals surface area contributed by atoms with Crippen LogP contribution in [-0.4, -0.2) is 26.5 Å². The Morgan fingerprint density at radius 1 is 1.63 bits per heavy atom. The van der Waals surface area contributed by atoms with Crippen molar-refractivity contribution in [1.29, 1.82) is 0 Å². The molecule has 0 bridgehead atoms. The van der Waals surface area contributed by atoms with Crippen molar-refractivity contribution < 1.29 is 4.79 Å². The summed E-state index contributed by atoms with van der Waals surface area (Å²) in [5.74, 6) is 1.15. The third-order valence-corrected chi connectivity index (χ3v) is 4.59. The van der Waals surface area contributed by atoms with Crippen LogP contribution in [0.1, 0.15) is 39.3 Å². The zero-order chi connectivity index (χ0) is 13.2. The molecule has 0 radical (unpaired) electrons. The fourth-order valence-corrected chi connectivity index (χ4v) is 3.45. The molecule has 0 aromatic carbocycles. The van der Waals surface area contributed by atoms with Crippen LogP contribution in [0.25, 0.3) is 0 Å². The first-order valence-electron chi connectivity index (χ1n) is 6.34. The van der Waals surface area contributed by atoms with Crippen LogP contribution in [0.4, 0.5) is 0 Å². The maximum Gasteiger partial charge on any atom is 0.261 e. The standard InChI is InChI=1S/C12H15N5OS/c1-7-2-3-9-8(4-7)5-10(19-9)12(18)13-6-11-14-16-17-15-11/h5,7H,2-4,6H2,1H3,(H,13,18)(H,14,15,16,17). The van der Waals surface area contributed by atoms with Crippen molar-refractivity contribution in [2.24, 2.45) is 5.92 Å². The third-order valence-electron chi connectivity index (χ3n) is 3.35. The number of rotatable bonds is 3. The highest BCUT2D eigenvalue weighted by Gasteiger charge is 2.20. The molecule has 3 rings (SSSR count). The summed E-state index contributed by atoms with van der Waals surface area (Å²) in [6, 6.07) is 2.03. The van der Waals surface area contributed by atoms with Gasteiger partial charge in [-0.3, -0.25) is 4.79 Å². The minimum absolute atomic E-state index is 0.0585. The molecule has 0 saturated heterocycles. The van der Waals surface area contributed by atoms with Gasteiger partial charge < -0.3 is 5.32 Å². The van der Waals surface area contributed by atoms with Gasteiger partial charge in [0.1, 0.15) is 0 Å². The molecule has 19 heavy (non-hydrogen) atoms. The molecule has 1 amide bonds. The first-order valence-corrected chi connectivity index (χ1v) is 7.16. The van der Waals surface area contributed by atoms with Crippen LogP contribution in [-0.2, 0) is 19.4 Å². The van der Waals surface area contributed by atoms with Crippen LogP contribution < -0.4 is 5.32 Å². The lowest BCUT2D eigenvalue weighted by Gasteiger charge is -2.16. The van der Waals surface area contributed by atoms with Crippen molar-refractivity contribution in [3.63, 3.8) is 0 Å². The lowest BCUT2D eigenvalue weighted by molar-refractivity contribution is 0.0954. The molecule has 2 aromatic rings. The Balaban J connectivity index is 1.67. The number of nitrogens with one attached hydrogen (secondary N) is 2. The number of aromatic nitrogens is 4. The first-order chi connectivity index (χ1) is 9.22. The predicted octanol–water partition coefficient (Wildman–Crippen LogP) is 1.32. The minimum Gasteiger partial charge on any atom is -0.344 e. The van der Waals surface area contributed by atoms with Crippen LogP contribution in [0.5, 0.6) is 0 Å². The normalized spacial score (nSPS) is 18.1. The Bertz CT molecular complexity index is 577. The zero-order valence-electron chi connectivity index (χ0n) is 10.6. The molecule has 100 valence electrons. The highest BCUT2D eigenvalue weighted by molar-refractivity contribution is 7.14. The van der Waals surface area contributed by atoms with Crippen molar-refractivity contribution in [1.82, 2.24) is 25.9 Å². The number of carbonyl (C=O) groups excluding carboxylic acids is 1. The van der Waals surface area contributed by atoms with Crippen LogP contribution in [0.2, 0.25) is 0 Å². The molecule has 1 aliphatic rings. The number of nitrogens with zero attached hydrogens (tertiary/aromatic N) is 3. The van der Waals surface area contributed by atoms with E-state index in [2.05, 4.69) is 32.9 Å². The van der Waals surface area contributed by atoms with E-state index in [-0.39, 0.29) is 5.91 Å². The Morgan fingerprint density at radius 3 is 3.32 bits per heavy atom. The fraction of sp³-hybridized carbons (Fsp3) is 0.500. The van der Waals surface area contributed by atoms with E-state index in [0.29, 0.717) is 12.4 Å².